The third-order valence-corrected chi connectivity index (χ3v) is 9.58. The lowest BCUT2D eigenvalue weighted by Gasteiger charge is -2.39. The van der Waals surface area contributed by atoms with Gasteiger partial charge in [0, 0.05) is 6.61 Å². The van der Waals surface area contributed by atoms with Crippen molar-refractivity contribution in [1.82, 2.24) is 0 Å². The fourth-order valence-corrected chi connectivity index (χ4v) is 6.13. The molecule has 0 spiro atoms. The van der Waals surface area contributed by atoms with Crippen LogP contribution in [0.3, 0.4) is 0 Å². The van der Waals surface area contributed by atoms with Gasteiger partial charge < -0.3 is 39.4 Å². The normalized spacial score (nSPS) is 21.3. The summed E-state index contributed by atoms with van der Waals surface area (Å²) in [5.41, 5.74) is 0. The average Bonchev–Trinajstić information content (AvgIpc) is 3.21. The number of aliphatic hydroxyl groups is 4. The molecule has 0 bridgehead atoms. The zero-order valence-electron chi connectivity index (χ0n) is 35.6. The molecule has 1 heterocycles. The molecule has 1 saturated heterocycles. The van der Waals surface area contributed by atoms with Crippen molar-refractivity contribution in [3.05, 3.63) is 85.1 Å². The van der Waals surface area contributed by atoms with Gasteiger partial charge in [0.25, 0.3) is 0 Å². The van der Waals surface area contributed by atoms with E-state index < -0.39 is 49.4 Å². The number of hydrogen-bond donors (Lipinski definition) is 4. The molecule has 1 aliphatic heterocycles. The van der Waals surface area contributed by atoms with E-state index in [-0.39, 0.29) is 19.6 Å². The third-order valence-electron chi connectivity index (χ3n) is 9.58. The standard InChI is InChI=1S/C48H80O9/c1-3-5-7-9-11-13-15-17-19-20-21-22-24-26-28-30-32-34-36-38-54-40-42(41-55-48-47(53)46(52)45(51)43(39-49)57-48)56-44(50)37-35-33-31-29-27-25-23-18-16-14-12-10-8-6-4-2/h6,8,12-15,18-20,23,27,29,33,35,42-43,45-49,51-53H,3-5,7,9-11,16-17,21-22,24-26,28,30-32,34,36-41H2,1-2H3/b8-6-,14-12-,15-13-,20-19-,23-18-,29-27-,35-33-. The summed E-state index contributed by atoms with van der Waals surface area (Å²) in [6, 6.07) is 0. The summed E-state index contributed by atoms with van der Waals surface area (Å²) in [6.45, 7) is 4.27. The van der Waals surface area contributed by atoms with Gasteiger partial charge in [0.15, 0.2) is 6.29 Å². The SMILES string of the molecule is CC/C=C\C/C=C\C/C=C\C/C=C\C/C=C\CC(=O)OC(COCCCCCCCCCC/C=C\C/C=C\CCCCCC)COC1OC(CO)C(O)C(O)C1O. The van der Waals surface area contributed by atoms with Crippen LogP contribution in [0.1, 0.15) is 149 Å². The van der Waals surface area contributed by atoms with Crippen molar-refractivity contribution >= 4 is 5.97 Å². The molecule has 9 nitrogen and oxygen atoms in total. The van der Waals surface area contributed by atoms with Gasteiger partial charge in [0.05, 0.1) is 26.2 Å². The zero-order valence-corrected chi connectivity index (χ0v) is 35.6. The Balaban J connectivity index is 2.33. The van der Waals surface area contributed by atoms with Gasteiger partial charge in [-0.15, -0.1) is 0 Å². The van der Waals surface area contributed by atoms with Gasteiger partial charge in [-0.1, -0.05) is 157 Å². The van der Waals surface area contributed by atoms with Crippen LogP contribution in [0.25, 0.3) is 0 Å². The van der Waals surface area contributed by atoms with Crippen LogP contribution in [0.15, 0.2) is 85.1 Å². The van der Waals surface area contributed by atoms with Crippen LogP contribution in [-0.4, -0.2) is 89.6 Å². The molecule has 1 aliphatic rings. The lowest BCUT2D eigenvalue weighted by molar-refractivity contribution is -0.305. The fourth-order valence-electron chi connectivity index (χ4n) is 6.13. The van der Waals surface area contributed by atoms with Crippen molar-refractivity contribution < 1.29 is 44.2 Å². The second-order valence-electron chi connectivity index (χ2n) is 14.8. The van der Waals surface area contributed by atoms with Crippen molar-refractivity contribution in [2.75, 3.05) is 26.4 Å². The van der Waals surface area contributed by atoms with Gasteiger partial charge >= 0.3 is 5.97 Å². The lowest BCUT2D eigenvalue weighted by Crippen LogP contribution is -2.59. The van der Waals surface area contributed by atoms with Crippen LogP contribution in [0.4, 0.5) is 0 Å². The first-order chi connectivity index (χ1) is 27.9. The van der Waals surface area contributed by atoms with E-state index >= 15 is 0 Å². The maximum Gasteiger partial charge on any atom is 0.310 e. The van der Waals surface area contributed by atoms with Gasteiger partial charge in [0.1, 0.15) is 30.5 Å². The highest BCUT2D eigenvalue weighted by Gasteiger charge is 2.44. The molecule has 0 aromatic heterocycles. The number of aliphatic hydroxyl groups excluding tert-OH is 4. The molecule has 0 amide bonds. The van der Waals surface area contributed by atoms with E-state index in [2.05, 4.69) is 86.8 Å². The van der Waals surface area contributed by atoms with Crippen LogP contribution < -0.4 is 0 Å². The summed E-state index contributed by atoms with van der Waals surface area (Å²) in [6.07, 6.45) is 44.9. The van der Waals surface area contributed by atoms with Crippen molar-refractivity contribution in [2.24, 2.45) is 0 Å². The zero-order chi connectivity index (χ0) is 41.4. The Hall–Kier alpha value is -2.63. The molecule has 4 N–H and O–H groups in total. The molecule has 1 rings (SSSR count). The molecule has 0 aromatic rings. The number of ether oxygens (including phenoxy) is 4. The van der Waals surface area contributed by atoms with Crippen molar-refractivity contribution in [1.29, 1.82) is 0 Å². The Kier molecular flexibility index (Phi) is 35.7. The topological polar surface area (TPSA) is 135 Å². The predicted octanol–water partition coefficient (Wildman–Crippen LogP) is 9.86. The number of esters is 1. The van der Waals surface area contributed by atoms with Gasteiger partial charge in [-0.25, -0.2) is 0 Å². The summed E-state index contributed by atoms with van der Waals surface area (Å²) in [5.74, 6) is -0.445. The number of hydrogen-bond acceptors (Lipinski definition) is 9. The minimum Gasteiger partial charge on any atom is -0.457 e. The van der Waals surface area contributed by atoms with E-state index in [9.17, 15) is 25.2 Å². The molecule has 57 heavy (non-hydrogen) atoms. The number of unbranched alkanes of at least 4 members (excludes halogenated alkanes) is 12. The van der Waals surface area contributed by atoms with E-state index in [0.717, 1.165) is 57.8 Å². The average molecular weight is 801 g/mol. The lowest BCUT2D eigenvalue weighted by atomic mass is 9.99. The molecule has 0 saturated carbocycles. The van der Waals surface area contributed by atoms with Gasteiger partial charge in [0.2, 0.25) is 0 Å². The molecular formula is C48H80O9. The maximum atomic E-state index is 12.7. The van der Waals surface area contributed by atoms with Crippen LogP contribution in [0.5, 0.6) is 0 Å². The highest BCUT2D eigenvalue weighted by atomic mass is 16.7. The molecule has 0 radical (unpaired) electrons. The summed E-state index contributed by atoms with van der Waals surface area (Å²) >= 11 is 0. The Labute approximate surface area is 346 Å². The molecule has 6 unspecified atom stereocenters. The Bertz CT molecular complexity index is 1140. The van der Waals surface area contributed by atoms with E-state index in [0.29, 0.717) is 13.0 Å². The molecule has 1 fully saturated rings. The fraction of sp³-hybridized carbons (Fsp3) is 0.688. The molecular weight excluding hydrogens is 721 g/mol. The Morgan fingerprint density at radius 3 is 1.61 bits per heavy atom. The maximum absolute atomic E-state index is 12.7. The highest BCUT2D eigenvalue weighted by molar-refractivity contribution is 5.71. The molecule has 326 valence electrons. The largest absolute Gasteiger partial charge is 0.457 e. The molecule has 0 aliphatic carbocycles. The summed E-state index contributed by atoms with van der Waals surface area (Å²) in [5, 5.41) is 40.1. The van der Waals surface area contributed by atoms with E-state index in [1.165, 1.54) is 64.2 Å². The van der Waals surface area contributed by atoms with Crippen LogP contribution in [0.2, 0.25) is 0 Å². The van der Waals surface area contributed by atoms with Gasteiger partial charge in [-0.05, 0) is 70.6 Å². The monoisotopic (exact) mass is 801 g/mol. The second kappa shape index (κ2) is 38.9. The molecule has 9 heteroatoms. The number of carbonyl (C=O) groups excluding carboxylic acids is 1. The predicted molar refractivity (Wildman–Crippen MR) is 233 cm³/mol. The van der Waals surface area contributed by atoms with E-state index in [1.54, 1.807) is 6.08 Å². The number of carbonyl (C=O) groups is 1. The number of rotatable bonds is 36. The molecule has 0 aromatic carbocycles. The third kappa shape index (κ3) is 30.1. The minimum absolute atomic E-state index is 0.0810. The first-order valence-electron chi connectivity index (χ1n) is 22.2. The van der Waals surface area contributed by atoms with Crippen molar-refractivity contribution in [3.63, 3.8) is 0 Å². The van der Waals surface area contributed by atoms with Crippen LogP contribution >= 0.6 is 0 Å². The summed E-state index contributed by atoms with van der Waals surface area (Å²) < 4.78 is 22.7. The smallest absolute Gasteiger partial charge is 0.310 e. The van der Waals surface area contributed by atoms with Crippen LogP contribution in [0, 0.1) is 0 Å². The first-order valence-corrected chi connectivity index (χ1v) is 22.2. The summed E-state index contributed by atoms with van der Waals surface area (Å²) in [4.78, 5) is 12.7. The van der Waals surface area contributed by atoms with Gasteiger partial charge in [-0.2, -0.15) is 0 Å². The molecule has 6 atom stereocenters. The number of allylic oxidation sites excluding steroid dienone is 13. The Morgan fingerprint density at radius 2 is 1.07 bits per heavy atom. The first kappa shape index (κ1) is 52.4. The van der Waals surface area contributed by atoms with Crippen LogP contribution in [-0.2, 0) is 23.7 Å². The van der Waals surface area contributed by atoms with Gasteiger partial charge in [-0.3, -0.25) is 4.79 Å². The minimum atomic E-state index is -1.56. The highest BCUT2D eigenvalue weighted by Crippen LogP contribution is 2.22. The van der Waals surface area contributed by atoms with Crippen molar-refractivity contribution in [3.8, 4) is 0 Å². The quantitative estimate of drug-likeness (QED) is 0.0278. The second-order valence-corrected chi connectivity index (χ2v) is 14.8. The van der Waals surface area contributed by atoms with E-state index in [4.69, 9.17) is 18.9 Å². The van der Waals surface area contributed by atoms with Crippen molar-refractivity contribution in [2.45, 2.75) is 185 Å². The van der Waals surface area contributed by atoms with E-state index in [1.807, 2.05) is 6.08 Å². The summed E-state index contributed by atoms with van der Waals surface area (Å²) in [7, 11) is 0. The Morgan fingerprint density at radius 1 is 0.579 bits per heavy atom.